The smallest absolute Gasteiger partial charge is 0.360 e. The van der Waals surface area contributed by atoms with Crippen molar-refractivity contribution in [1.29, 1.82) is 0 Å². The Morgan fingerprint density at radius 1 is 1.59 bits per heavy atom. The molecule has 2 N–H and O–H groups in total. The van der Waals surface area contributed by atoms with Gasteiger partial charge < -0.3 is 19.6 Å². The number of ether oxygens (including phenoxy) is 1. The van der Waals surface area contributed by atoms with E-state index in [2.05, 4.69) is 11.3 Å². The summed E-state index contributed by atoms with van der Waals surface area (Å²) in [7, 11) is 2.23. The summed E-state index contributed by atoms with van der Waals surface area (Å²) in [4.78, 5) is 0. The van der Waals surface area contributed by atoms with Gasteiger partial charge in [0.15, 0.2) is 0 Å². The first-order chi connectivity index (χ1) is 8.35. The van der Waals surface area contributed by atoms with Crippen LogP contribution >= 0.6 is 0 Å². The molecule has 17 heavy (non-hydrogen) atoms. The van der Waals surface area contributed by atoms with Crippen molar-refractivity contribution < 1.29 is 14.4 Å². The van der Waals surface area contributed by atoms with Crippen LogP contribution in [0.25, 0.3) is 0 Å². The third-order valence-corrected chi connectivity index (χ3v) is 2.99. The Labute approximate surface area is 103 Å². The van der Waals surface area contributed by atoms with Crippen LogP contribution in [-0.2, 0) is 11.1 Å². The van der Waals surface area contributed by atoms with Crippen molar-refractivity contribution in [3.8, 4) is 5.75 Å². The van der Waals surface area contributed by atoms with E-state index < -0.39 is 0 Å². The molecule has 1 aromatic carbocycles. The Kier molecular flexibility index (Phi) is 4.48. The van der Waals surface area contributed by atoms with E-state index in [0.717, 1.165) is 30.6 Å². The predicted molar refractivity (Wildman–Crippen MR) is 70.3 cm³/mol. The summed E-state index contributed by atoms with van der Waals surface area (Å²) in [5.74, 6) is 0.866. The van der Waals surface area contributed by atoms with Crippen molar-refractivity contribution >= 4 is 20.6 Å². The van der Waals surface area contributed by atoms with E-state index in [4.69, 9.17) is 9.39 Å². The zero-order valence-corrected chi connectivity index (χ0v) is 10.1. The molecule has 0 spiro atoms. The maximum atomic E-state index is 9.28. The molecule has 1 atom stereocenters. The van der Waals surface area contributed by atoms with E-state index in [1.54, 1.807) is 7.11 Å². The molecular formula is C11H17B2NO3. The summed E-state index contributed by atoms with van der Waals surface area (Å²) in [5.41, 5.74) is 2.07. The van der Waals surface area contributed by atoms with Crippen molar-refractivity contribution in [3.63, 3.8) is 0 Å². The Hall–Kier alpha value is -0.970. The van der Waals surface area contributed by atoms with Crippen LogP contribution in [0.5, 0.6) is 5.75 Å². The van der Waals surface area contributed by atoms with Crippen LogP contribution in [0.2, 0.25) is 0 Å². The number of hydrogen-bond acceptors (Lipinski definition) is 4. The van der Waals surface area contributed by atoms with Crippen molar-refractivity contribution in [2.45, 2.75) is 18.9 Å². The van der Waals surface area contributed by atoms with Crippen LogP contribution in [0, 0.1) is 0 Å². The number of fused-ring (bicyclic) bond motifs is 1. The highest BCUT2D eigenvalue weighted by Crippen LogP contribution is 2.25. The van der Waals surface area contributed by atoms with E-state index in [9.17, 15) is 5.02 Å². The van der Waals surface area contributed by atoms with Crippen molar-refractivity contribution in [2.24, 2.45) is 0 Å². The van der Waals surface area contributed by atoms with E-state index >= 15 is 0 Å². The van der Waals surface area contributed by atoms with Gasteiger partial charge in [0.1, 0.15) is 11.9 Å². The Bertz CT molecular complexity index is 361. The first-order valence-electron chi connectivity index (χ1n) is 5.93. The largest absolute Gasteiger partial charge is 0.489 e. The molecule has 6 heteroatoms. The monoisotopic (exact) mass is 233 g/mol. The minimum absolute atomic E-state index is 0.0292. The molecule has 0 amide bonds. The van der Waals surface area contributed by atoms with Gasteiger partial charge in [-0.25, -0.2) is 0 Å². The lowest BCUT2D eigenvalue weighted by Gasteiger charge is -2.27. The van der Waals surface area contributed by atoms with Crippen LogP contribution < -0.4 is 15.4 Å². The molecule has 4 nitrogen and oxygen atoms in total. The van der Waals surface area contributed by atoms with E-state index in [0.29, 0.717) is 7.62 Å². The molecule has 0 fully saturated rings. The first kappa shape index (κ1) is 12.5. The fraction of sp³-hybridized carbons (Fsp3) is 0.455. The maximum absolute atomic E-state index is 9.28. The summed E-state index contributed by atoms with van der Waals surface area (Å²) >= 11 is 0. The molecule has 0 saturated heterocycles. The molecule has 0 saturated carbocycles. The molecule has 1 heterocycles. The fourth-order valence-corrected chi connectivity index (χ4v) is 2.12. The maximum Gasteiger partial charge on any atom is 0.360 e. The molecule has 0 unspecified atom stereocenters. The third kappa shape index (κ3) is 3.03. The van der Waals surface area contributed by atoms with Crippen LogP contribution in [0.3, 0.4) is 0 Å². The average molecular weight is 233 g/mol. The normalized spacial score (nSPS) is 18.1. The average Bonchev–Trinajstić information content (AvgIpc) is 2.38. The first-order valence-corrected chi connectivity index (χ1v) is 5.93. The van der Waals surface area contributed by atoms with Gasteiger partial charge in [0.25, 0.3) is 0 Å². The Morgan fingerprint density at radius 2 is 2.47 bits per heavy atom. The summed E-state index contributed by atoms with van der Waals surface area (Å²) in [6.07, 6.45) is 2.16. The van der Waals surface area contributed by atoms with Gasteiger partial charge in [0, 0.05) is 13.7 Å². The number of para-hydroxylation sites is 1. The van der Waals surface area contributed by atoms with Crippen molar-refractivity contribution in [2.75, 3.05) is 13.7 Å². The number of nitrogens with one attached hydrogen (secondary N) is 1. The quantitative estimate of drug-likeness (QED) is 0.498. The lowest BCUT2D eigenvalue weighted by Crippen LogP contribution is -2.38. The summed E-state index contributed by atoms with van der Waals surface area (Å²) < 4.78 is 10.9. The second kappa shape index (κ2) is 6.10. The van der Waals surface area contributed by atoms with Crippen molar-refractivity contribution in [3.05, 3.63) is 23.8 Å². The van der Waals surface area contributed by atoms with Crippen LogP contribution in [-0.4, -0.2) is 39.9 Å². The minimum Gasteiger partial charge on any atom is -0.489 e. The second-order valence-corrected chi connectivity index (χ2v) is 4.23. The van der Waals surface area contributed by atoms with Gasteiger partial charge in [0.05, 0.1) is 0 Å². The Balaban J connectivity index is 2.01. The lowest BCUT2D eigenvalue weighted by molar-refractivity contribution is 0.177. The van der Waals surface area contributed by atoms with Gasteiger partial charge in [-0.15, -0.1) is 0 Å². The third-order valence-electron chi connectivity index (χ3n) is 2.99. The molecule has 1 aliphatic rings. The van der Waals surface area contributed by atoms with Crippen LogP contribution in [0.15, 0.2) is 18.2 Å². The molecular weight excluding hydrogens is 216 g/mol. The molecule has 0 aromatic heterocycles. The van der Waals surface area contributed by atoms with Gasteiger partial charge in [-0.1, -0.05) is 18.2 Å². The highest BCUT2D eigenvalue weighted by Gasteiger charge is 2.21. The number of hydrogen-bond donors (Lipinski definition) is 2. The van der Waals surface area contributed by atoms with Gasteiger partial charge in [-0.2, -0.15) is 0 Å². The molecule has 90 valence electrons. The SMILES string of the molecule is COBNC[C@H]1CCc2cccc(BO)c2O1. The molecule has 0 radical (unpaired) electrons. The molecule has 1 aliphatic heterocycles. The van der Waals surface area contributed by atoms with Crippen LogP contribution in [0.1, 0.15) is 12.0 Å². The zero-order chi connectivity index (χ0) is 12.1. The van der Waals surface area contributed by atoms with Crippen molar-refractivity contribution in [1.82, 2.24) is 5.23 Å². The molecule has 2 rings (SSSR count). The van der Waals surface area contributed by atoms with E-state index in [1.807, 2.05) is 12.1 Å². The van der Waals surface area contributed by atoms with E-state index in [-0.39, 0.29) is 13.6 Å². The second-order valence-electron chi connectivity index (χ2n) is 4.23. The molecule has 0 bridgehead atoms. The highest BCUT2D eigenvalue weighted by molar-refractivity contribution is 6.47. The lowest BCUT2D eigenvalue weighted by atomic mass is 9.84. The topological polar surface area (TPSA) is 50.7 Å². The number of benzene rings is 1. The summed E-state index contributed by atoms with van der Waals surface area (Å²) in [6, 6.07) is 5.94. The van der Waals surface area contributed by atoms with Gasteiger partial charge >= 0.3 is 15.1 Å². The zero-order valence-electron chi connectivity index (χ0n) is 10.1. The number of rotatable bonds is 5. The standard InChI is InChI=1S/C11H17B2NO3/c1-16-13-14-7-9-6-5-8-3-2-4-10(12-15)11(8)17-9/h2-4,9,12-15H,5-7H2,1H3/t9-/m1/s1. The van der Waals surface area contributed by atoms with E-state index in [1.165, 1.54) is 5.56 Å². The minimum atomic E-state index is 0.0292. The Morgan fingerprint density at radius 3 is 3.24 bits per heavy atom. The summed E-state index contributed by atoms with van der Waals surface area (Å²) in [5, 5.41) is 12.4. The fourth-order valence-electron chi connectivity index (χ4n) is 2.12. The molecule has 0 aliphatic carbocycles. The highest BCUT2D eigenvalue weighted by atomic mass is 16.5. The predicted octanol–water partition coefficient (Wildman–Crippen LogP) is -1.15. The molecule has 1 aromatic rings. The number of aryl methyl sites for hydroxylation is 1. The van der Waals surface area contributed by atoms with Crippen LogP contribution in [0.4, 0.5) is 0 Å². The van der Waals surface area contributed by atoms with Gasteiger partial charge in [-0.05, 0) is 23.9 Å². The van der Waals surface area contributed by atoms with Gasteiger partial charge in [0.2, 0.25) is 0 Å². The van der Waals surface area contributed by atoms with Gasteiger partial charge in [-0.3, -0.25) is 0 Å². The summed E-state index contributed by atoms with van der Waals surface area (Å²) in [6.45, 7) is 0.771.